The van der Waals surface area contributed by atoms with Gasteiger partial charge in [-0.2, -0.15) is 0 Å². The van der Waals surface area contributed by atoms with Crippen LogP contribution in [-0.2, 0) is 18.4 Å². The van der Waals surface area contributed by atoms with Crippen LogP contribution in [0.25, 0.3) is 10.9 Å². The molecule has 2 rings (SSSR count). The van der Waals surface area contributed by atoms with Gasteiger partial charge in [-0.15, -0.1) is 0 Å². The topological polar surface area (TPSA) is 70.3 Å². The molecular formula is C16H21N3O2S. The normalized spacial score (nSPS) is 14.4. The van der Waals surface area contributed by atoms with E-state index in [1.807, 2.05) is 39.8 Å². The molecule has 1 aromatic heterocycles. The van der Waals surface area contributed by atoms with Gasteiger partial charge >= 0.3 is 0 Å². The van der Waals surface area contributed by atoms with E-state index >= 15 is 0 Å². The minimum Gasteiger partial charge on any atom is -0.591 e. The Bertz CT molecular complexity index is 803. The van der Waals surface area contributed by atoms with E-state index in [4.69, 9.17) is 0 Å². The van der Waals surface area contributed by atoms with Crippen molar-refractivity contribution in [1.29, 1.82) is 0 Å². The number of fused-ring (bicyclic) bond motifs is 1. The third-order valence-electron chi connectivity index (χ3n) is 3.30. The van der Waals surface area contributed by atoms with Crippen molar-refractivity contribution in [2.75, 3.05) is 0 Å². The van der Waals surface area contributed by atoms with E-state index in [2.05, 4.69) is 9.38 Å². The first kappa shape index (κ1) is 16.7. The van der Waals surface area contributed by atoms with Gasteiger partial charge in [0.1, 0.15) is 16.1 Å². The van der Waals surface area contributed by atoms with Gasteiger partial charge in [0.2, 0.25) is 0 Å². The van der Waals surface area contributed by atoms with Gasteiger partial charge in [-0.05, 0) is 52.3 Å². The molecule has 1 atom stereocenters. The van der Waals surface area contributed by atoms with E-state index in [0.717, 1.165) is 11.1 Å². The Morgan fingerprint density at radius 3 is 2.59 bits per heavy atom. The Kier molecular flexibility index (Phi) is 4.44. The molecule has 1 unspecified atom stereocenters. The van der Waals surface area contributed by atoms with Crippen LogP contribution in [-0.4, -0.2) is 24.6 Å². The molecule has 2 aromatic rings. The molecular weight excluding hydrogens is 298 g/mol. The number of rotatable bonds is 2. The highest BCUT2D eigenvalue weighted by Crippen LogP contribution is 2.21. The van der Waals surface area contributed by atoms with Crippen molar-refractivity contribution in [2.24, 2.45) is 11.4 Å². The molecule has 0 amide bonds. The first-order valence-corrected chi connectivity index (χ1v) is 8.15. The second-order valence-electron chi connectivity index (χ2n) is 6.41. The Balaban J connectivity index is 2.68. The monoisotopic (exact) mass is 319 g/mol. The molecule has 0 aliphatic heterocycles. The van der Waals surface area contributed by atoms with Crippen molar-refractivity contribution in [2.45, 2.75) is 39.4 Å². The van der Waals surface area contributed by atoms with Gasteiger partial charge in [0.25, 0.3) is 5.56 Å². The lowest BCUT2D eigenvalue weighted by Gasteiger charge is -2.19. The van der Waals surface area contributed by atoms with E-state index in [1.165, 1.54) is 10.9 Å². The van der Waals surface area contributed by atoms with Crippen LogP contribution in [0.4, 0.5) is 0 Å². The molecule has 0 aliphatic carbocycles. The standard InChI is InChI=1S/C16H21N3O2S/c1-10-7-12(11(2)18-22(21)16(3,4)5)14-13(8-10)15(20)19(6)9-17-14/h7-9H,1-6H3. The van der Waals surface area contributed by atoms with Gasteiger partial charge in [0, 0.05) is 12.6 Å². The molecule has 6 heteroatoms. The van der Waals surface area contributed by atoms with Crippen LogP contribution in [0.2, 0.25) is 0 Å². The first-order valence-electron chi connectivity index (χ1n) is 7.05. The summed E-state index contributed by atoms with van der Waals surface area (Å²) in [5.74, 6) is 0. The van der Waals surface area contributed by atoms with Crippen molar-refractivity contribution in [3.63, 3.8) is 0 Å². The summed E-state index contributed by atoms with van der Waals surface area (Å²) in [6.45, 7) is 9.35. The van der Waals surface area contributed by atoms with E-state index in [-0.39, 0.29) is 5.56 Å². The van der Waals surface area contributed by atoms with Crippen LogP contribution in [0.15, 0.2) is 27.7 Å². The molecule has 0 saturated heterocycles. The number of hydrogen-bond donors (Lipinski definition) is 0. The fourth-order valence-corrected chi connectivity index (χ4v) is 2.67. The smallest absolute Gasteiger partial charge is 0.260 e. The average Bonchev–Trinajstić information content (AvgIpc) is 2.41. The lowest BCUT2D eigenvalue weighted by atomic mass is 10.0. The van der Waals surface area contributed by atoms with Crippen molar-refractivity contribution in [3.8, 4) is 0 Å². The minimum absolute atomic E-state index is 0.0975. The zero-order chi connectivity index (χ0) is 16.7. The van der Waals surface area contributed by atoms with Crippen molar-refractivity contribution >= 4 is 28.0 Å². The maximum atomic E-state index is 12.3. The summed E-state index contributed by atoms with van der Waals surface area (Å²) < 4.78 is 17.6. The molecule has 1 heterocycles. The van der Waals surface area contributed by atoms with Crippen LogP contribution in [0, 0.1) is 6.92 Å². The summed E-state index contributed by atoms with van der Waals surface area (Å²) in [4.78, 5) is 16.6. The molecule has 1 aromatic carbocycles. The molecule has 0 bridgehead atoms. The lowest BCUT2D eigenvalue weighted by molar-refractivity contribution is 0.561. The predicted molar refractivity (Wildman–Crippen MR) is 91.8 cm³/mol. The third-order valence-corrected chi connectivity index (χ3v) is 4.79. The second kappa shape index (κ2) is 5.85. The van der Waals surface area contributed by atoms with Gasteiger partial charge in [0.05, 0.1) is 22.9 Å². The largest absolute Gasteiger partial charge is 0.591 e. The van der Waals surface area contributed by atoms with Crippen molar-refractivity contribution in [3.05, 3.63) is 39.9 Å². The highest BCUT2D eigenvalue weighted by Gasteiger charge is 2.27. The van der Waals surface area contributed by atoms with Gasteiger partial charge in [-0.3, -0.25) is 4.79 Å². The Morgan fingerprint density at radius 1 is 1.36 bits per heavy atom. The van der Waals surface area contributed by atoms with Crippen molar-refractivity contribution in [1.82, 2.24) is 9.55 Å². The molecule has 0 fully saturated rings. The lowest BCUT2D eigenvalue weighted by Crippen LogP contribution is -2.27. The van der Waals surface area contributed by atoms with Crippen LogP contribution >= 0.6 is 0 Å². The number of aryl methyl sites for hydroxylation is 2. The van der Waals surface area contributed by atoms with Gasteiger partial charge in [-0.25, -0.2) is 4.98 Å². The average molecular weight is 319 g/mol. The minimum atomic E-state index is -1.35. The summed E-state index contributed by atoms with van der Waals surface area (Å²) in [5.41, 5.74) is 2.83. The number of benzene rings is 1. The number of aromatic nitrogens is 2. The summed E-state index contributed by atoms with van der Waals surface area (Å²) >= 11 is -1.35. The van der Waals surface area contributed by atoms with Crippen molar-refractivity contribution < 1.29 is 4.55 Å². The molecule has 118 valence electrons. The highest BCUT2D eigenvalue weighted by molar-refractivity contribution is 7.91. The van der Waals surface area contributed by atoms with Crippen LogP contribution in [0.5, 0.6) is 0 Å². The quantitative estimate of drug-likeness (QED) is 0.631. The summed E-state index contributed by atoms with van der Waals surface area (Å²) in [6, 6.07) is 3.75. The first-order chi connectivity index (χ1) is 10.1. The Hall–Kier alpha value is -1.66. The molecule has 5 nitrogen and oxygen atoms in total. The van der Waals surface area contributed by atoms with E-state index in [9.17, 15) is 9.35 Å². The van der Waals surface area contributed by atoms with E-state index in [0.29, 0.717) is 16.6 Å². The number of hydrogen-bond acceptors (Lipinski definition) is 4. The maximum Gasteiger partial charge on any atom is 0.260 e. The Morgan fingerprint density at radius 2 is 2.00 bits per heavy atom. The van der Waals surface area contributed by atoms with Crippen LogP contribution in [0.3, 0.4) is 0 Å². The zero-order valence-electron chi connectivity index (χ0n) is 13.8. The van der Waals surface area contributed by atoms with Gasteiger partial charge < -0.3 is 9.12 Å². The summed E-state index contributed by atoms with van der Waals surface area (Å²) in [7, 11) is 1.67. The fourth-order valence-electron chi connectivity index (χ4n) is 2.05. The van der Waals surface area contributed by atoms with Gasteiger partial charge in [0.15, 0.2) is 0 Å². The highest BCUT2D eigenvalue weighted by atomic mass is 32.2. The maximum absolute atomic E-state index is 12.3. The van der Waals surface area contributed by atoms with E-state index < -0.39 is 16.1 Å². The molecule has 0 aliphatic rings. The summed E-state index contributed by atoms with van der Waals surface area (Å²) in [6.07, 6.45) is 1.50. The second-order valence-corrected chi connectivity index (χ2v) is 8.31. The molecule has 0 radical (unpaired) electrons. The van der Waals surface area contributed by atoms with Crippen LogP contribution < -0.4 is 5.56 Å². The molecule has 22 heavy (non-hydrogen) atoms. The molecule has 0 saturated carbocycles. The molecule has 0 spiro atoms. The fraction of sp³-hybridized carbons (Fsp3) is 0.438. The van der Waals surface area contributed by atoms with Crippen LogP contribution in [0.1, 0.15) is 38.8 Å². The number of nitrogens with zero attached hydrogens (tertiary/aromatic N) is 3. The predicted octanol–water partition coefficient (Wildman–Crippen LogP) is 2.51. The SMILES string of the molecule is CC(=N[S+]([O-])C(C)(C)C)c1cc(C)cc2c(=O)n(C)cnc12. The zero-order valence-corrected chi connectivity index (χ0v) is 14.6. The third kappa shape index (κ3) is 3.23. The van der Waals surface area contributed by atoms with Gasteiger partial charge in [-0.1, -0.05) is 4.40 Å². The summed E-state index contributed by atoms with van der Waals surface area (Å²) in [5, 5.41) is 0.552. The molecule has 0 N–H and O–H groups in total. The Labute approximate surface area is 133 Å². The van der Waals surface area contributed by atoms with E-state index in [1.54, 1.807) is 14.0 Å².